The van der Waals surface area contributed by atoms with Crippen LogP contribution < -0.4 is 5.32 Å². The van der Waals surface area contributed by atoms with Gasteiger partial charge in [-0.1, -0.05) is 57.2 Å². The highest BCUT2D eigenvalue weighted by Gasteiger charge is 2.11. The molecule has 2 rings (SSSR count). The fourth-order valence-corrected chi connectivity index (χ4v) is 2.03. The summed E-state index contributed by atoms with van der Waals surface area (Å²) in [5, 5.41) is 3.34. The normalized spacial score (nSPS) is 11.3. The molecule has 1 aromatic carbocycles. The highest BCUT2D eigenvalue weighted by molar-refractivity contribution is 5.36. The highest BCUT2D eigenvalue weighted by Crippen LogP contribution is 2.20. The van der Waals surface area contributed by atoms with Crippen LogP contribution in [0.4, 0.5) is 5.82 Å². The first-order chi connectivity index (χ1) is 9.03. The summed E-state index contributed by atoms with van der Waals surface area (Å²) in [6, 6.07) is 14.6. The number of nitrogens with one attached hydrogen (secondary N) is 1. The summed E-state index contributed by atoms with van der Waals surface area (Å²) in [5.74, 6) is 0.932. The molecule has 0 radical (unpaired) electrons. The lowest BCUT2D eigenvalue weighted by molar-refractivity contribution is 0.411. The lowest BCUT2D eigenvalue weighted by Gasteiger charge is -2.17. The molecule has 100 valence electrons. The van der Waals surface area contributed by atoms with E-state index in [4.69, 9.17) is 0 Å². The number of hydrogen-bond acceptors (Lipinski definition) is 2. The standard InChI is InChI=1S/C17H22N2/c1-17(2,3)11-15-9-10-16(19-13-15)18-12-14-7-5-4-6-8-14/h4-10,13H,11-12H2,1-3H3,(H,18,19). The number of aromatic nitrogens is 1. The molecular formula is C17H22N2. The average Bonchev–Trinajstić information content (AvgIpc) is 2.37. The zero-order valence-electron chi connectivity index (χ0n) is 12.0. The zero-order chi connectivity index (χ0) is 13.7. The van der Waals surface area contributed by atoms with Gasteiger partial charge in [-0.05, 0) is 29.0 Å². The van der Waals surface area contributed by atoms with Crippen molar-refractivity contribution >= 4 is 5.82 Å². The van der Waals surface area contributed by atoms with E-state index in [0.717, 1.165) is 18.8 Å². The summed E-state index contributed by atoms with van der Waals surface area (Å²) in [5.41, 5.74) is 2.86. The van der Waals surface area contributed by atoms with Gasteiger partial charge in [-0.3, -0.25) is 0 Å². The molecule has 0 aliphatic heterocycles. The van der Waals surface area contributed by atoms with Crippen LogP contribution in [-0.4, -0.2) is 4.98 Å². The van der Waals surface area contributed by atoms with Gasteiger partial charge in [0.05, 0.1) is 0 Å². The molecule has 0 unspecified atom stereocenters. The molecule has 0 spiro atoms. The monoisotopic (exact) mass is 254 g/mol. The maximum atomic E-state index is 4.47. The zero-order valence-corrected chi connectivity index (χ0v) is 12.0. The predicted octanol–water partition coefficient (Wildman–Crippen LogP) is 4.28. The number of hydrogen-bond donors (Lipinski definition) is 1. The van der Waals surface area contributed by atoms with Crippen molar-refractivity contribution in [2.24, 2.45) is 5.41 Å². The van der Waals surface area contributed by atoms with E-state index in [1.54, 1.807) is 0 Å². The van der Waals surface area contributed by atoms with Crippen molar-refractivity contribution in [1.82, 2.24) is 4.98 Å². The quantitative estimate of drug-likeness (QED) is 0.880. The Labute approximate surface area is 115 Å². The smallest absolute Gasteiger partial charge is 0.126 e. The number of anilines is 1. The van der Waals surface area contributed by atoms with Gasteiger partial charge in [0.1, 0.15) is 5.82 Å². The van der Waals surface area contributed by atoms with E-state index in [1.165, 1.54) is 11.1 Å². The van der Waals surface area contributed by atoms with Gasteiger partial charge in [0.25, 0.3) is 0 Å². The van der Waals surface area contributed by atoms with Crippen LogP contribution >= 0.6 is 0 Å². The summed E-state index contributed by atoms with van der Waals surface area (Å²) in [6.07, 6.45) is 3.03. The van der Waals surface area contributed by atoms with Gasteiger partial charge in [-0.2, -0.15) is 0 Å². The molecule has 0 aliphatic rings. The summed E-state index contributed by atoms with van der Waals surface area (Å²) < 4.78 is 0. The maximum absolute atomic E-state index is 4.47. The SMILES string of the molecule is CC(C)(C)Cc1ccc(NCc2ccccc2)nc1. The topological polar surface area (TPSA) is 24.9 Å². The molecule has 0 saturated heterocycles. The van der Waals surface area contributed by atoms with E-state index in [9.17, 15) is 0 Å². The van der Waals surface area contributed by atoms with Crippen LogP contribution in [0.1, 0.15) is 31.9 Å². The number of benzene rings is 1. The van der Waals surface area contributed by atoms with Crippen molar-refractivity contribution in [2.45, 2.75) is 33.7 Å². The molecule has 0 fully saturated rings. The van der Waals surface area contributed by atoms with Gasteiger partial charge in [0, 0.05) is 12.7 Å². The largest absolute Gasteiger partial charge is 0.366 e. The van der Waals surface area contributed by atoms with Crippen molar-refractivity contribution in [3.05, 3.63) is 59.8 Å². The van der Waals surface area contributed by atoms with Crippen molar-refractivity contribution in [3.8, 4) is 0 Å². The van der Waals surface area contributed by atoms with Crippen LogP contribution in [0.25, 0.3) is 0 Å². The van der Waals surface area contributed by atoms with Crippen molar-refractivity contribution in [1.29, 1.82) is 0 Å². The fraction of sp³-hybridized carbons (Fsp3) is 0.353. The minimum absolute atomic E-state index is 0.306. The molecule has 1 heterocycles. The molecule has 1 aromatic heterocycles. The lowest BCUT2D eigenvalue weighted by Crippen LogP contribution is -2.09. The van der Waals surface area contributed by atoms with Gasteiger partial charge in [-0.25, -0.2) is 4.98 Å². The third-order valence-corrected chi connectivity index (χ3v) is 2.88. The minimum atomic E-state index is 0.306. The van der Waals surface area contributed by atoms with Crippen LogP contribution in [0.3, 0.4) is 0 Å². The first kappa shape index (κ1) is 13.6. The van der Waals surface area contributed by atoms with Gasteiger partial charge in [0.15, 0.2) is 0 Å². The highest BCUT2D eigenvalue weighted by atomic mass is 15.0. The Hall–Kier alpha value is -1.83. The number of nitrogens with zero attached hydrogens (tertiary/aromatic N) is 1. The Balaban J connectivity index is 1.92. The number of pyridine rings is 1. The Kier molecular flexibility index (Phi) is 4.20. The van der Waals surface area contributed by atoms with Crippen LogP contribution in [0, 0.1) is 5.41 Å². The summed E-state index contributed by atoms with van der Waals surface area (Å²) >= 11 is 0. The van der Waals surface area contributed by atoms with Crippen LogP contribution in [-0.2, 0) is 13.0 Å². The van der Waals surface area contributed by atoms with Gasteiger partial charge in [-0.15, -0.1) is 0 Å². The van der Waals surface area contributed by atoms with Crippen LogP contribution in [0.5, 0.6) is 0 Å². The van der Waals surface area contributed by atoms with E-state index in [1.807, 2.05) is 12.3 Å². The Morgan fingerprint density at radius 2 is 1.68 bits per heavy atom. The first-order valence-corrected chi connectivity index (χ1v) is 6.76. The molecule has 2 heteroatoms. The van der Waals surface area contributed by atoms with E-state index < -0.39 is 0 Å². The molecule has 0 bridgehead atoms. The molecular weight excluding hydrogens is 232 g/mol. The predicted molar refractivity (Wildman–Crippen MR) is 81.2 cm³/mol. The lowest BCUT2D eigenvalue weighted by atomic mass is 9.89. The Morgan fingerprint density at radius 1 is 0.947 bits per heavy atom. The second kappa shape index (κ2) is 5.87. The summed E-state index contributed by atoms with van der Waals surface area (Å²) in [7, 11) is 0. The molecule has 2 aromatic rings. The molecule has 0 amide bonds. The van der Waals surface area contributed by atoms with Gasteiger partial charge >= 0.3 is 0 Å². The average molecular weight is 254 g/mol. The Morgan fingerprint density at radius 3 is 2.26 bits per heavy atom. The molecule has 1 N–H and O–H groups in total. The van der Waals surface area contributed by atoms with Gasteiger partial charge in [0.2, 0.25) is 0 Å². The van der Waals surface area contributed by atoms with Gasteiger partial charge < -0.3 is 5.32 Å². The molecule has 0 aliphatic carbocycles. The third-order valence-electron chi connectivity index (χ3n) is 2.88. The summed E-state index contributed by atoms with van der Waals surface area (Å²) in [6.45, 7) is 7.55. The first-order valence-electron chi connectivity index (χ1n) is 6.76. The van der Waals surface area contributed by atoms with E-state index in [2.05, 4.69) is 67.5 Å². The van der Waals surface area contributed by atoms with E-state index >= 15 is 0 Å². The minimum Gasteiger partial charge on any atom is -0.366 e. The van der Waals surface area contributed by atoms with Crippen molar-refractivity contribution < 1.29 is 0 Å². The second-order valence-electron chi connectivity index (χ2n) is 6.13. The maximum Gasteiger partial charge on any atom is 0.126 e. The molecule has 0 atom stereocenters. The molecule has 2 nitrogen and oxygen atoms in total. The van der Waals surface area contributed by atoms with E-state index in [0.29, 0.717) is 5.41 Å². The number of rotatable bonds is 4. The van der Waals surface area contributed by atoms with Crippen molar-refractivity contribution in [2.75, 3.05) is 5.32 Å². The van der Waals surface area contributed by atoms with Crippen LogP contribution in [0.15, 0.2) is 48.7 Å². The summed E-state index contributed by atoms with van der Waals surface area (Å²) in [4.78, 5) is 4.47. The van der Waals surface area contributed by atoms with E-state index in [-0.39, 0.29) is 0 Å². The third kappa shape index (κ3) is 4.74. The van der Waals surface area contributed by atoms with Crippen LogP contribution in [0.2, 0.25) is 0 Å². The van der Waals surface area contributed by atoms with Crippen molar-refractivity contribution in [3.63, 3.8) is 0 Å². The molecule has 19 heavy (non-hydrogen) atoms. The fourth-order valence-electron chi connectivity index (χ4n) is 2.03. The Bertz CT molecular complexity index is 495. The molecule has 0 saturated carbocycles. The second-order valence-corrected chi connectivity index (χ2v) is 6.13.